The van der Waals surface area contributed by atoms with Gasteiger partial charge in [0.2, 0.25) is 0 Å². The summed E-state index contributed by atoms with van der Waals surface area (Å²) in [6.45, 7) is 6.48. The van der Waals surface area contributed by atoms with Gasteiger partial charge in [0.25, 0.3) is 0 Å². The molecule has 0 aliphatic heterocycles. The standard InChI is InChI=1S/C12H15N3/c1-12(2,3)11-6-4-5-10(15-11)9-7-13-14-8-9/h4-8H,1-3H3,(H,13,14). The van der Waals surface area contributed by atoms with Gasteiger partial charge in [0.1, 0.15) is 0 Å². The summed E-state index contributed by atoms with van der Waals surface area (Å²) in [5, 5.41) is 6.72. The monoisotopic (exact) mass is 201 g/mol. The number of hydrogen-bond donors (Lipinski definition) is 1. The van der Waals surface area contributed by atoms with Crippen molar-refractivity contribution in [1.82, 2.24) is 15.2 Å². The molecular formula is C12H15N3. The maximum Gasteiger partial charge on any atom is 0.0736 e. The first-order valence-electron chi connectivity index (χ1n) is 5.04. The van der Waals surface area contributed by atoms with Crippen LogP contribution in [0.25, 0.3) is 11.3 Å². The van der Waals surface area contributed by atoms with Crippen LogP contribution in [0.3, 0.4) is 0 Å². The number of hydrogen-bond acceptors (Lipinski definition) is 2. The van der Waals surface area contributed by atoms with Crippen molar-refractivity contribution in [1.29, 1.82) is 0 Å². The molecule has 3 nitrogen and oxygen atoms in total. The van der Waals surface area contributed by atoms with Crippen molar-refractivity contribution in [3.8, 4) is 11.3 Å². The van der Waals surface area contributed by atoms with E-state index in [9.17, 15) is 0 Å². The molecule has 0 bridgehead atoms. The maximum atomic E-state index is 4.63. The quantitative estimate of drug-likeness (QED) is 0.770. The van der Waals surface area contributed by atoms with Crippen molar-refractivity contribution in [2.75, 3.05) is 0 Å². The molecule has 0 saturated heterocycles. The van der Waals surface area contributed by atoms with Gasteiger partial charge >= 0.3 is 0 Å². The van der Waals surface area contributed by atoms with E-state index >= 15 is 0 Å². The van der Waals surface area contributed by atoms with Gasteiger partial charge in [-0.1, -0.05) is 26.8 Å². The van der Waals surface area contributed by atoms with E-state index in [1.807, 2.05) is 18.3 Å². The van der Waals surface area contributed by atoms with E-state index in [0.29, 0.717) is 0 Å². The van der Waals surface area contributed by atoms with Crippen LogP contribution in [0.5, 0.6) is 0 Å². The van der Waals surface area contributed by atoms with Crippen molar-refractivity contribution in [2.24, 2.45) is 0 Å². The average Bonchev–Trinajstić information content (AvgIpc) is 2.69. The van der Waals surface area contributed by atoms with Crippen LogP contribution in [0.4, 0.5) is 0 Å². The second-order valence-electron chi connectivity index (χ2n) is 4.65. The van der Waals surface area contributed by atoms with Gasteiger partial charge in [-0.3, -0.25) is 10.1 Å². The molecule has 2 aromatic heterocycles. The first kappa shape index (κ1) is 9.90. The molecule has 3 heteroatoms. The van der Waals surface area contributed by atoms with E-state index in [4.69, 9.17) is 0 Å². The van der Waals surface area contributed by atoms with Crippen LogP contribution in [0.2, 0.25) is 0 Å². The Kier molecular flexibility index (Phi) is 2.31. The smallest absolute Gasteiger partial charge is 0.0736 e. The highest BCUT2D eigenvalue weighted by molar-refractivity contribution is 5.56. The lowest BCUT2D eigenvalue weighted by Crippen LogP contribution is -2.13. The number of aromatic nitrogens is 3. The van der Waals surface area contributed by atoms with Crippen molar-refractivity contribution in [3.63, 3.8) is 0 Å². The van der Waals surface area contributed by atoms with E-state index in [1.54, 1.807) is 6.20 Å². The lowest BCUT2D eigenvalue weighted by molar-refractivity contribution is 0.570. The number of H-pyrrole nitrogens is 1. The lowest BCUT2D eigenvalue weighted by Gasteiger charge is -2.17. The van der Waals surface area contributed by atoms with Crippen molar-refractivity contribution in [2.45, 2.75) is 26.2 Å². The topological polar surface area (TPSA) is 41.6 Å². The summed E-state index contributed by atoms with van der Waals surface area (Å²) in [6.07, 6.45) is 3.64. The van der Waals surface area contributed by atoms with E-state index in [-0.39, 0.29) is 5.41 Å². The predicted octanol–water partition coefficient (Wildman–Crippen LogP) is 2.77. The lowest BCUT2D eigenvalue weighted by atomic mass is 9.91. The van der Waals surface area contributed by atoms with Crippen LogP contribution in [-0.4, -0.2) is 15.2 Å². The Hall–Kier alpha value is -1.64. The summed E-state index contributed by atoms with van der Waals surface area (Å²) >= 11 is 0. The van der Waals surface area contributed by atoms with Crippen LogP contribution in [0.15, 0.2) is 30.6 Å². The van der Waals surface area contributed by atoms with Gasteiger partial charge in [-0.05, 0) is 12.1 Å². The Balaban J connectivity index is 2.44. The van der Waals surface area contributed by atoms with Crippen LogP contribution >= 0.6 is 0 Å². The minimum atomic E-state index is 0.0831. The molecule has 15 heavy (non-hydrogen) atoms. The number of aromatic amines is 1. The molecule has 0 amide bonds. The zero-order chi connectivity index (χ0) is 10.9. The molecule has 78 valence electrons. The molecule has 0 radical (unpaired) electrons. The molecule has 2 rings (SSSR count). The first-order valence-corrected chi connectivity index (χ1v) is 5.04. The molecule has 2 heterocycles. The second kappa shape index (κ2) is 3.50. The van der Waals surface area contributed by atoms with E-state index < -0.39 is 0 Å². The van der Waals surface area contributed by atoms with E-state index in [2.05, 4.69) is 42.0 Å². The first-order chi connectivity index (χ1) is 7.07. The molecule has 1 N–H and O–H groups in total. The zero-order valence-corrected chi connectivity index (χ0v) is 9.28. The SMILES string of the molecule is CC(C)(C)c1cccc(-c2cn[nH]c2)n1. The second-order valence-corrected chi connectivity index (χ2v) is 4.65. The molecule has 0 aliphatic carbocycles. The van der Waals surface area contributed by atoms with Crippen LogP contribution in [0, 0.1) is 0 Å². The minimum absolute atomic E-state index is 0.0831. The highest BCUT2D eigenvalue weighted by Crippen LogP contribution is 2.23. The highest BCUT2D eigenvalue weighted by atomic mass is 15.1. The van der Waals surface area contributed by atoms with Gasteiger partial charge in [-0.25, -0.2) is 0 Å². The van der Waals surface area contributed by atoms with Gasteiger partial charge in [-0.2, -0.15) is 5.10 Å². The fraction of sp³-hybridized carbons (Fsp3) is 0.333. The molecule has 0 atom stereocenters. The van der Waals surface area contributed by atoms with Gasteiger partial charge in [0.05, 0.1) is 11.9 Å². The molecule has 0 aromatic carbocycles. The molecule has 0 saturated carbocycles. The fourth-order valence-electron chi connectivity index (χ4n) is 1.40. The summed E-state index contributed by atoms with van der Waals surface area (Å²) < 4.78 is 0. The Bertz CT molecular complexity index is 438. The Labute approximate surface area is 89.6 Å². The number of rotatable bonds is 1. The molecule has 2 aromatic rings. The summed E-state index contributed by atoms with van der Waals surface area (Å²) in [4.78, 5) is 4.63. The molecule has 0 unspecified atom stereocenters. The van der Waals surface area contributed by atoms with Gasteiger partial charge < -0.3 is 0 Å². The van der Waals surface area contributed by atoms with Crippen LogP contribution in [-0.2, 0) is 5.41 Å². The van der Waals surface area contributed by atoms with Gasteiger partial charge in [0, 0.05) is 22.9 Å². The van der Waals surface area contributed by atoms with Crippen molar-refractivity contribution in [3.05, 3.63) is 36.3 Å². The Morgan fingerprint density at radius 3 is 2.60 bits per heavy atom. The third-order valence-electron chi connectivity index (χ3n) is 2.31. The largest absolute Gasteiger partial charge is 0.285 e. The summed E-state index contributed by atoms with van der Waals surface area (Å²) in [5.41, 5.74) is 3.18. The molecule has 0 spiro atoms. The summed E-state index contributed by atoms with van der Waals surface area (Å²) in [7, 11) is 0. The van der Waals surface area contributed by atoms with Crippen LogP contribution < -0.4 is 0 Å². The van der Waals surface area contributed by atoms with Crippen molar-refractivity contribution >= 4 is 0 Å². The fourth-order valence-corrected chi connectivity index (χ4v) is 1.40. The number of pyridine rings is 1. The number of nitrogens with one attached hydrogen (secondary N) is 1. The van der Waals surface area contributed by atoms with Gasteiger partial charge in [-0.15, -0.1) is 0 Å². The molecule has 0 aliphatic rings. The third-order valence-corrected chi connectivity index (χ3v) is 2.31. The van der Waals surface area contributed by atoms with E-state index in [0.717, 1.165) is 17.0 Å². The molecular weight excluding hydrogens is 186 g/mol. The normalized spacial score (nSPS) is 11.7. The summed E-state index contributed by atoms with van der Waals surface area (Å²) in [5.74, 6) is 0. The van der Waals surface area contributed by atoms with Gasteiger partial charge in [0.15, 0.2) is 0 Å². The average molecular weight is 201 g/mol. The minimum Gasteiger partial charge on any atom is -0.285 e. The van der Waals surface area contributed by atoms with Crippen LogP contribution in [0.1, 0.15) is 26.5 Å². The summed E-state index contributed by atoms with van der Waals surface area (Å²) in [6, 6.07) is 6.10. The third kappa shape index (κ3) is 2.06. The Morgan fingerprint density at radius 2 is 2.00 bits per heavy atom. The van der Waals surface area contributed by atoms with E-state index in [1.165, 1.54) is 0 Å². The van der Waals surface area contributed by atoms with Crippen molar-refractivity contribution < 1.29 is 0 Å². The zero-order valence-electron chi connectivity index (χ0n) is 9.28. The Morgan fingerprint density at radius 1 is 1.20 bits per heavy atom. The highest BCUT2D eigenvalue weighted by Gasteiger charge is 2.15. The maximum absolute atomic E-state index is 4.63. The molecule has 0 fully saturated rings. The number of nitrogens with zero attached hydrogens (tertiary/aromatic N) is 2. The predicted molar refractivity (Wildman–Crippen MR) is 60.5 cm³/mol.